The van der Waals surface area contributed by atoms with Gasteiger partial charge >= 0.3 is 0 Å². The molecule has 0 spiro atoms. The molecule has 1 aliphatic carbocycles. The molecule has 0 saturated carbocycles. The second-order valence-electron chi connectivity index (χ2n) is 18.2. The molecule has 15 rings (SSSR count). The van der Waals surface area contributed by atoms with Crippen molar-refractivity contribution in [2.24, 2.45) is 0 Å². The minimum Gasteiger partial charge on any atom is -0.456 e. The molecule has 0 saturated heterocycles. The van der Waals surface area contributed by atoms with E-state index in [1.54, 1.807) is 0 Å². The third-order valence-electron chi connectivity index (χ3n) is 14.8. The van der Waals surface area contributed by atoms with Gasteiger partial charge in [-0.3, -0.25) is 0 Å². The maximum Gasteiger partial charge on any atom is 0.136 e. The first-order valence-electron chi connectivity index (χ1n) is 23.4. The number of nitrogens with zero attached hydrogens (tertiary/aromatic N) is 2. The summed E-state index contributed by atoms with van der Waals surface area (Å²) in [7, 11) is 0. The molecule has 0 bridgehead atoms. The standard InChI is InChI=1S/C64H40N2O/c1-5-26-48-44(22-1)60(45-23-2-6-27-49(45)63(48)65-54-31-13-9-18-40(54)41-19-10-14-32-55(41)65)39-36-37-52-59(38-39)67-58-35-17-30-53(62(52)58)61-46-24-3-7-28-50(46)64(51-29-8-4-25-47(51)61)66-56-33-15-11-20-42(56)43-21-12-16-34-57(43)66/h1-35,37-39H,36H2. The van der Waals surface area contributed by atoms with Crippen LogP contribution in [-0.2, 0) is 0 Å². The van der Waals surface area contributed by atoms with Gasteiger partial charge in [-0.05, 0) is 81.1 Å². The van der Waals surface area contributed by atoms with Gasteiger partial charge in [-0.15, -0.1) is 0 Å². The smallest absolute Gasteiger partial charge is 0.136 e. The molecular weight excluding hydrogens is 813 g/mol. The van der Waals surface area contributed by atoms with Gasteiger partial charge in [0.2, 0.25) is 0 Å². The predicted octanol–water partition coefficient (Wildman–Crippen LogP) is 15.7. The Morgan fingerprint density at radius 3 is 1.18 bits per heavy atom. The molecule has 1 atom stereocenters. The third-order valence-corrected chi connectivity index (χ3v) is 14.8. The Balaban J connectivity index is 0.964. The lowest BCUT2D eigenvalue weighted by Gasteiger charge is -2.23. The fourth-order valence-corrected chi connectivity index (χ4v) is 12.2. The van der Waals surface area contributed by atoms with E-state index in [-0.39, 0.29) is 5.92 Å². The first kappa shape index (κ1) is 36.7. The number of para-hydroxylation sites is 4. The van der Waals surface area contributed by atoms with E-state index in [2.05, 4.69) is 234 Å². The number of hydrogen-bond acceptors (Lipinski definition) is 1. The summed E-state index contributed by atoms with van der Waals surface area (Å²) in [5.41, 5.74) is 12.9. The summed E-state index contributed by atoms with van der Waals surface area (Å²) < 4.78 is 12.0. The Morgan fingerprint density at radius 1 is 0.358 bits per heavy atom. The van der Waals surface area contributed by atoms with Crippen LogP contribution < -0.4 is 10.6 Å². The van der Waals surface area contributed by atoms with Gasteiger partial charge in [0.25, 0.3) is 0 Å². The van der Waals surface area contributed by atoms with Crippen molar-refractivity contribution in [3.05, 3.63) is 229 Å². The summed E-state index contributed by atoms with van der Waals surface area (Å²) in [6, 6.07) is 78.0. The van der Waals surface area contributed by atoms with Crippen LogP contribution in [0.5, 0.6) is 0 Å². The van der Waals surface area contributed by atoms with E-state index in [0.717, 1.165) is 17.4 Å². The van der Waals surface area contributed by atoms with Crippen LogP contribution in [0.1, 0.15) is 17.9 Å². The van der Waals surface area contributed by atoms with Crippen LogP contribution in [0.15, 0.2) is 217 Å². The van der Waals surface area contributed by atoms with Gasteiger partial charge in [-0.2, -0.15) is 0 Å². The highest BCUT2D eigenvalue weighted by Gasteiger charge is 2.26. The third kappa shape index (κ3) is 5.06. The van der Waals surface area contributed by atoms with E-state index in [1.807, 2.05) is 0 Å². The average Bonchev–Trinajstić information content (AvgIpc) is 4.05. The van der Waals surface area contributed by atoms with Crippen LogP contribution in [0.3, 0.4) is 0 Å². The molecule has 3 heterocycles. The molecule has 1 aliphatic rings. The summed E-state index contributed by atoms with van der Waals surface area (Å²) in [6.45, 7) is 0. The van der Waals surface area contributed by atoms with E-state index < -0.39 is 0 Å². The van der Waals surface area contributed by atoms with Gasteiger partial charge in [0.05, 0.1) is 33.4 Å². The lowest BCUT2D eigenvalue weighted by Crippen LogP contribution is -2.25. The number of hydrogen-bond donors (Lipinski definition) is 0. The van der Waals surface area contributed by atoms with Gasteiger partial charge in [-0.1, -0.05) is 188 Å². The van der Waals surface area contributed by atoms with E-state index in [4.69, 9.17) is 4.42 Å². The van der Waals surface area contributed by atoms with Gasteiger partial charge in [0.1, 0.15) is 11.0 Å². The predicted molar refractivity (Wildman–Crippen MR) is 282 cm³/mol. The Kier molecular flexibility index (Phi) is 7.62. The molecule has 14 aromatic rings. The molecule has 3 heteroatoms. The van der Waals surface area contributed by atoms with Crippen LogP contribution in [-0.4, -0.2) is 9.13 Å². The second-order valence-corrected chi connectivity index (χ2v) is 18.2. The highest BCUT2D eigenvalue weighted by Crippen LogP contribution is 2.47. The fourth-order valence-electron chi connectivity index (χ4n) is 12.2. The van der Waals surface area contributed by atoms with E-state index in [9.17, 15) is 0 Å². The molecule has 312 valence electrons. The van der Waals surface area contributed by atoms with Crippen LogP contribution in [0.2, 0.25) is 0 Å². The topological polar surface area (TPSA) is 23.0 Å². The van der Waals surface area contributed by atoms with Gasteiger partial charge < -0.3 is 13.6 Å². The van der Waals surface area contributed by atoms with E-state index in [0.29, 0.717) is 0 Å². The summed E-state index contributed by atoms with van der Waals surface area (Å²) in [5.74, 6) is 0.102. The molecule has 0 N–H and O–H groups in total. The number of aromatic nitrogens is 2. The molecule has 3 aromatic heterocycles. The molecule has 0 radical (unpaired) electrons. The van der Waals surface area contributed by atoms with Crippen molar-refractivity contribution in [1.82, 2.24) is 9.13 Å². The average molecular weight is 853 g/mol. The number of furan rings is 1. The zero-order chi connectivity index (χ0) is 43.7. The molecule has 3 nitrogen and oxygen atoms in total. The lowest BCUT2D eigenvalue weighted by atomic mass is 9.83. The first-order valence-corrected chi connectivity index (χ1v) is 23.4. The van der Waals surface area contributed by atoms with Crippen molar-refractivity contribution >= 4 is 110 Å². The molecular formula is C64H40N2O. The van der Waals surface area contributed by atoms with Gasteiger partial charge in [0.15, 0.2) is 0 Å². The van der Waals surface area contributed by atoms with Crippen molar-refractivity contribution < 1.29 is 4.42 Å². The summed E-state index contributed by atoms with van der Waals surface area (Å²) in [5, 5.41) is 17.3. The fraction of sp³-hybridized carbons (Fsp3) is 0.0312. The molecule has 0 aliphatic heterocycles. The second kappa shape index (κ2) is 13.9. The van der Waals surface area contributed by atoms with Crippen LogP contribution in [0, 0.1) is 0 Å². The zero-order valence-electron chi connectivity index (χ0n) is 36.4. The number of fused-ring (bicyclic) bond motifs is 13. The minimum atomic E-state index is 0.102. The Bertz CT molecular complexity index is 4340. The van der Waals surface area contributed by atoms with E-state index >= 15 is 0 Å². The van der Waals surface area contributed by atoms with Crippen molar-refractivity contribution in [2.75, 3.05) is 0 Å². The Hall–Kier alpha value is -8.66. The zero-order valence-corrected chi connectivity index (χ0v) is 36.4. The Labute approximate surface area is 385 Å². The SMILES string of the molecule is C1=c2oc3cccc(-c4c5ccccc5c(-n5c6ccccc6c6ccccc65)c5ccccc45)c3c2=CCC1c1c2ccccc2c(-n2c3ccccc3c3ccccc32)c2ccccc12. The minimum absolute atomic E-state index is 0.102. The van der Waals surface area contributed by atoms with Crippen LogP contribution in [0.4, 0.5) is 0 Å². The van der Waals surface area contributed by atoms with Crippen molar-refractivity contribution in [2.45, 2.75) is 12.3 Å². The van der Waals surface area contributed by atoms with Crippen molar-refractivity contribution in [3.63, 3.8) is 0 Å². The van der Waals surface area contributed by atoms with Crippen LogP contribution in [0.25, 0.3) is 132 Å². The normalized spacial score (nSPS) is 14.0. The number of rotatable bonds is 4. The first-order chi connectivity index (χ1) is 33.3. The maximum atomic E-state index is 7.02. The highest BCUT2D eigenvalue weighted by atomic mass is 16.3. The Morgan fingerprint density at radius 2 is 0.731 bits per heavy atom. The van der Waals surface area contributed by atoms with Gasteiger partial charge in [0, 0.05) is 59.6 Å². The van der Waals surface area contributed by atoms with E-state index in [1.165, 1.54) is 125 Å². The molecule has 0 fully saturated rings. The van der Waals surface area contributed by atoms with Crippen molar-refractivity contribution in [1.29, 1.82) is 0 Å². The quantitative estimate of drug-likeness (QED) is 0.162. The molecule has 0 amide bonds. The summed E-state index contributed by atoms with van der Waals surface area (Å²) >= 11 is 0. The van der Waals surface area contributed by atoms with Crippen molar-refractivity contribution in [3.8, 4) is 22.5 Å². The molecule has 67 heavy (non-hydrogen) atoms. The summed E-state index contributed by atoms with van der Waals surface area (Å²) in [6.07, 6.45) is 5.72. The molecule has 1 unspecified atom stereocenters. The van der Waals surface area contributed by atoms with Gasteiger partial charge in [-0.25, -0.2) is 0 Å². The largest absolute Gasteiger partial charge is 0.456 e. The summed E-state index contributed by atoms with van der Waals surface area (Å²) in [4.78, 5) is 0. The number of benzene rings is 11. The molecule has 11 aromatic carbocycles. The van der Waals surface area contributed by atoms with Crippen LogP contribution >= 0.6 is 0 Å². The monoisotopic (exact) mass is 852 g/mol. The lowest BCUT2D eigenvalue weighted by molar-refractivity contribution is 0.569. The maximum absolute atomic E-state index is 7.02. The highest BCUT2D eigenvalue weighted by molar-refractivity contribution is 6.23.